The summed E-state index contributed by atoms with van der Waals surface area (Å²) in [5.74, 6) is 0.954. The standard InChI is InChI=1S/C24H31N5O2S/c1-17(2)32(30,31)29-14-12-24(13-15-29,19-9-5-4-6-10-19)16-26-23-27-20-11-7-8-18(3)21(20)22(25)28-23/h4-11,17H,12-16H2,1-3H3,(H3,25,26,27,28). The number of fused-ring (bicyclic) bond motifs is 1. The van der Waals surface area contributed by atoms with Gasteiger partial charge in [-0.3, -0.25) is 0 Å². The summed E-state index contributed by atoms with van der Waals surface area (Å²) in [6, 6.07) is 16.2. The van der Waals surface area contributed by atoms with E-state index in [-0.39, 0.29) is 5.41 Å². The van der Waals surface area contributed by atoms with Crippen LogP contribution >= 0.6 is 0 Å². The van der Waals surface area contributed by atoms with E-state index in [1.807, 2.05) is 43.3 Å². The molecule has 1 saturated heterocycles. The topological polar surface area (TPSA) is 101 Å². The molecule has 0 unspecified atom stereocenters. The first-order valence-electron chi connectivity index (χ1n) is 11.0. The van der Waals surface area contributed by atoms with Crippen LogP contribution in [0.4, 0.5) is 11.8 Å². The lowest BCUT2D eigenvalue weighted by Crippen LogP contribution is -2.49. The predicted octanol–water partition coefficient (Wildman–Crippen LogP) is 3.70. The Hall–Kier alpha value is -2.71. The molecule has 0 bridgehead atoms. The van der Waals surface area contributed by atoms with Crippen molar-refractivity contribution in [1.29, 1.82) is 0 Å². The molecule has 0 spiro atoms. The Morgan fingerprint density at radius 3 is 2.41 bits per heavy atom. The van der Waals surface area contributed by atoms with Gasteiger partial charge in [0.05, 0.1) is 10.8 Å². The molecule has 32 heavy (non-hydrogen) atoms. The number of piperidine rings is 1. The van der Waals surface area contributed by atoms with Crippen molar-refractivity contribution in [3.05, 3.63) is 59.7 Å². The van der Waals surface area contributed by atoms with Crippen LogP contribution in [0.1, 0.15) is 37.8 Å². The Labute approximate surface area is 190 Å². The third kappa shape index (κ3) is 4.17. The second kappa shape index (κ2) is 8.67. The molecule has 2 aromatic carbocycles. The third-order valence-corrected chi connectivity index (χ3v) is 8.84. The lowest BCUT2D eigenvalue weighted by molar-refractivity contribution is 0.241. The number of nitrogen functional groups attached to an aromatic ring is 1. The first kappa shape index (κ1) is 22.5. The van der Waals surface area contributed by atoms with E-state index in [1.54, 1.807) is 18.2 Å². The van der Waals surface area contributed by atoms with E-state index >= 15 is 0 Å². The highest BCUT2D eigenvalue weighted by Gasteiger charge is 2.40. The predicted molar refractivity (Wildman–Crippen MR) is 130 cm³/mol. The van der Waals surface area contributed by atoms with E-state index in [0.717, 1.165) is 29.3 Å². The highest BCUT2D eigenvalue weighted by Crippen LogP contribution is 2.37. The Morgan fingerprint density at radius 2 is 1.75 bits per heavy atom. The van der Waals surface area contributed by atoms with Gasteiger partial charge in [-0.05, 0) is 50.8 Å². The van der Waals surface area contributed by atoms with Crippen LogP contribution in [0.5, 0.6) is 0 Å². The number of benzene rings is 2. The molecular formula is C24H31N5O2S. The van der Waals surface area contributed by atoms with Gasteiger partial charge >= 0.3 is 0 Å². The van der Waals surface area contributed by atoms with Crippen molar-refractivity contribution in [3.8, 4) is 0 Å². The van der Waals surface area contributed by atoms with Gasteiger partial charge in [0.25, 0.3) is 0 Å². The van der Waals surface area contributed by atoms with Crippen molar-refractivity contribution < 1.29 is 8.42 Å². The minimum absolute atomic E-state index is 0.218. The Kier molecular flexibility index (Phi) is 6.09. The summed E-state index contributed by atoms with van der Waals surface area (Å²) in [5.41, 5.74) is 9.07. The number of rotatable bonds is 6. The van der Waals surface area contributed by atoms with E-state index < -0.39 is 15.3 Å². The molecule has 2 heterocycles. The van der Waals surface area contributed by atoms with Crippen LogP contribution in [-0.2, 0) is 15.4 Å². The number of nitrogens with one attached hydrogen (secondary N) is 1. The smallest absolute Gasteiger partial charge is 0.225 e. The van der Waals surface area contributed by atoms with E-state index in [4.69, 9.17) is 5.73 Å². The van der Waals surface area contributed by atoms with Gasteiger partial charge in [-0.15, -0.1) is 0 Å². The molecule has 3 N–H and O–H groups in total. The van der Waals surface area contributed by atoms with E-state index in [9.17, 15) is 8.42 Å². The van der Waals surface area contributed by atoms with E-state index in [0.29, 0.717) is 31.4 Å². The summed E-state index contributed by atoms with van der Waals surface area (Å²) in [5, 5.41) is 3.88. The monoisotopic (exact) mass is 453 g/mol. The summed E-state index contributed by atoms with van der Waals surface area (Å²) in [7, 11) is -3.26. The SMILES string of the molecule is Cc1cccc2nc(NCC3(c4ccccc4)CCN(S(=O)(=O)C(C)C)CC3)nc(N)c12. The molecule has 0 atom stereocenters. The fourth-order valence-corrected chi connectivity index (χ4v) is 5.83. The summed E-state index contributed by atoms with van der Waals surface area (Å²) < 4.78 is 27.0. The summed E-state index contributed by atoms with van der Waals surface area (Å²) >= 11 is 0. The average molecular weight is 454 g/mol. The van der Waals surface area contributed by atoms with Gasteiger partial charge in [0.1, 0.15) is 5.82 Å². The molecule has 0 aliphatic carbocycles. The third-order valence-electron chi connectivity index (χ3n) is 6.57. The Balaban J connectivity index is 1.60. The van der Waals surface area contributed by atoms with E-state index in [1.165, 1.54) is 5.56 Å². The molecular weight excluding hydrogens is 422 g/mol. The molecule has 1 aromatic heterocycles. The number of hydrogen-bond acceptors (Lipinski definition) is 6. The molecule has 4 rings (SSSR count). The van der Waals surface area contributed by atoms with Crippen LogP contribution in [0, 0.1) is 6.92 Å². The van der Waals surface area contributed by atoms with Gasteiger partial charge < -0.3 is 11.1 Å². The molecule has 1 fully saturated rings. The minimum atomic E-state index is -3.26. The molecule has 0 radical (unpaired) electrons. The van der Waals surface area contributed by atoms with Gasteiger partial charge in [-0.1, -0.05) is 42.5 Å². The van der Waals surface area contributed by atoms with Crippen LogP contribution in [0.25, 0.3) is 10.9 Å². The molecule has 0 amide bonds. The number of nitrogens with two attached hydrogens (primary N) is 1. The first-order chi connectivity index (χ1) is 15.2. The lowest BCUT2D eigenvalue weighted by atomic mass is 9.73. The molecule has 3 aromatic rings. The second-order valence-electron chi connectivity index (χ2n) is 8.89. The number of sulfonamides is 1. The molecule has 7 nitrogen and oxygen atoms in total. The van der Waals surface area contributed by atoms with Gasteiger partial charge in [0.15, 0.2) is 0 Å². The summed E-state index contributed by atoms with van der Waals surface area (Å²) in [6.07, 6.45) is 1.44. The van der Waals surface area contributed by atoms with Crippen LogP contribution in [0.2, 0.25) is 0 Å². The van der Waals surface area contributed by atoms with Crippen LogP contribution in [0.15, 0.2) is 48.5 Å². The van der Waals surface area contributed by atoms with Crippen molar-refractivity contribution in [2.45, 2.75) is 44.3 Å². The van der Waals surface area contributed by atoms with Crippen LogP contribution in [0.3, 0.4) is 0 Å². The highest BCUT2D eigenvalue weighted by atomic mass is 32.2. The second-order valence-corrected chi connectivity index (χ2v) is 11.4. The van der Waals surface area contributed by atoms with Gasteiger partial charge in [-0.2, -0.15) is 4.98 Å². The van der Waals surface area contributed by atoms with Gasteiger partial charge in [0.2, 0.25) is 16.0 Å². The Morgan fingerprint density at radius 1 is 1.06 bits per heavy atom. The minimum Gasteiger partial charge on any atom is -0.383 e. The Bertz CT molecular complexity index is 1200. The summed E-state index contributed by atoms with van der Waals surface area (Å²) in [4.78, 5) is 9.17. The fourth-order valence-electron chi connectivity index (χ4n) is 4.54. The van der Waals surface area contributed by atoms with Gasteiger partial charge in [-0.25, -0.2) is 17.7 Å². The van der Waals surface area contributed by atoms with Crippen molar-refractivity contribution in [2.75, 3.05) is 30.7 Å². The number of aryl methyl sites for hydroxylation is 1. The van der Waals surface area contributed by atoms with Crippen LogP contribution in [-0.4, -0.2) is 47.6 Å². The normalized spacial score (nSPS) is 17.0. The zero-order chi connectivity index (χ0) is 22.9. The zero-order valence-corrected chi connectivity index (χ0v) is 19.7. The maximum atomic E-state index is 12.7. The quantitative estimate of drug-likeness (QED) is 0.590. The molecule has 0 saturated carbocycles. The fraction of sp³-hybridized carbons (Fsp3) is 0.417. The number of aromatic nitrogens is 2. The summed E-state index contributed by atoms with van der Waals surface area (Å²) in [6.45, 7) is 7.06. The molecule has 8 heteroatoms. The van der Waals surface area contributed by atoms with Crippen molar-refractivity contribution in [2.24, 2.45) is 0 Å². The molecule has 170 valence electrons. The van der Waals surface area contributed by atoms with E-state index in [2.05, 4.69) is 27.4 Å². The highest BCUT2D eigenvalue weighted by molar-refractivity contribution is 7.89. The number of anilines is 2. The maximum absolute atomic E-state index is 12.7. The van der Waals surface area contributed by atoms with Gasteiger partial charge in [0, 0.05) is 30.4 Å². The number of hydrogen-bond donors (Lipinski definition) is 2. The molecule has 1 aliphatic heterocycles. The average Bonchev–Trinajstić information content (AvgIpc) is 2.78. The van der Waals surface area contributed by atoms with Crippen molar-refractivity contribution >= 4 is 32.7 Å². The van der Waals surface area contributed by atoms with Crippen LogP contribution < -0.4 is 11.1 Å². The number of nitrogens with zero attached hydrogens (tertiary/aromatic N) is 3. The first-order valence-corrected chi connectivity index (χ1v) is 12.5. The molecule has 1 aliphatic rings. The van der Waals surface area contributed by atoms with Crippen molar-refractivity contribution in [3.63, 3.8) is 0 Å². The zero-order valence-electron chi connectivity index (χ0n) is 18.9. The lowest BCUT2D eigenvalue weighted by Gasteiger charge is -2.42. The largest absolute Gasteiger partial charge is 0.383 e. The van der Waals surface area contributed by atoms with Crippen molar-refractivity contribution in [1.82, 2.24) is 14.3 Å². The maximum Gasteiger partial charge on any atom is 0.225 e.